The van der Waals surface area contributed by atoms with Gasteiger partial charge in [-0.3, -0.25) is 0 Å². The van der Waals surface area contributed by atoms with E-state index in [2.05, 4.69) is 331 Å². The molecule has 0 atom stereocenters. The van der Waals surface area contributed by atoms with Crippen molar-refractivity contribution in [2.75, 3.05) is 0 Å². The van der Waals surface area contributed by atoms with Gasteiger partial charge in [-0.1, -0.05) is 224 Å². The number of hydrogen-bond donors (Lipinski definition) is 0. The Bertz CT molecular complexity index is 4960. The second-order valence-electron chi connectivity index (χ2n) is 21.9. The highest BCUT2D eigenvalue weighted by molar-refractivity contribution is 6.13. The highest BCUT2D eigenvalue weighted by Gasteiger charge is 2.19. The topological polar surface area (TPSA) is 22.8 Å². The molecular formula is C81H53N3. The van der Waals surface area contributed by atoms with Crippen LogP contribution in [0.2, 0.25) is 0 Å². The molecule has 16 rings (SSSR count). The molecule has 3 heterocycles. The Morgan fingerprint density at radius 1 is 0.190 bits per heavy atom. The third kappa shape index (κ3) is 8.66. The minimum atomic E-state index is 0.928. The van der Waals surface area contributed by atoms with E-state index in [-0.39, 0.29) is 0 Å². The van der Waals surface area contributed by atoms with Gasteiger partial charge < -0.3 is 9.13 Å². The summed E-state index contributed by atoms with van der Waals surface area (Å²) < 4.78 is 4.86. The summed E-state index contributed by atoms with van der Waals surface area (Å²) in [4.78, 5) is 5.46. The summed E-state index contributed by atoms with van der Waals surface area (Å²) in [5, 5.41) is 6.01. The fourth-order valence-corrected chi connectivity index (χ4v) is 12.8. The molecule has 3 nitrogen and oxygen atoms in total. The largest absolute Gasteiger partial charge is 0.309 e. The average molecular weight is 1070 g/mol. The molecule has 3 heteroatoms. The molecule has 392 valence electrons. The van der Waals surface area contributed by atoms with Crippen molar-refractivity contribution < 1.29 is 0 Å². The summed E-state index contributed by atoms with van der Waals surface area (Å²) in [7, 11) is 0. The third-order valence-corrected chi connectivity index (χ3v) is 16.9. The predicted molar refractivity (Wildman–Crippen MR) is 354 cm³/mol. The fourth-order valence-electron chi connectivity index (χ4n) is 12.8. The van der Waals surface area contributed by atoms with Crippen LogP contribution in [0.1, 0.15) is 0 Å². The Hall–Kier alpha value is -11.1. The van der Waals surface area contributed by atoms with Crippen LogP contribution in [0.25, 0.3) is 155 Å². The number of nitrogens with zero attached hydrogens (tertiary/aromatic N) is 3. The van der Waals surface area contributed by atoms with Gasteiger partial charge in [0.05, 0.1) is 33.3 Å². The van der Waals surface area contributed by atoms with Crippen LogP contribution in [0.3, 0.4) is 0 Å². The molecule has 3 aromatic heterocycles. The van der Waals surface area contributed by atoms with E-state index in [0.29, 0.717) is 0 Å². The molecule has 13 aromatic carbocycles. The monoisotopic (exact) mass is 1070 g/mol. The van der Waals surface area contributed by atoms with Crippen LogP contribution in [-0.4, -0.2) is 14.1 Å². The number of rotatable bonds is 10. The Balaban J connectivity index is 0.776. The van der Waals surface area contributed by atoms with E-state index >= 15 is 0 Å². The first kappa shape index (κ1) is 48.7. The number of hydrogen-bond acceptors (Lipinski definition) is 1. The molecule has 0 bridgehead atoms. The maximum atomic E-state index is 5.46. The Morgan fingerprint density at radius 3 is 0.893 bits per heavy atom. The van der Waals surface area contributed by atoms with Crippen molar-refractivity contribution in [1.29, 1.82) is 0 Å². The van der Waals surface area contributed by atoms with Crippen molar-refractivity contribution in [3.8, 4) is 101 Å². The van der Waals surface area contributed by atoms with Crippen LogP contribution in [-0.2, 0) is 0 Å². The summed E-state index contributed by atoms with van der Waals surface area (Å²) >= 11 is 0. The van der Waals surface area contributed by atoms with Crippen molar-refractivity contribution in [1.82, 2.24) is 14.1 Å². The lowest BCUT2D eigenvalue weighted by Crippen LogP contribution is -1.95. The smallest absolute Gasteiger partial charge is 0.0716 e. The highest BCUT2D eigenvalue weighted by atomic mass is 15.0. The van der Waals surface area contributed by atoms with E-state index in [9.17, 15) is 0 Å². The van der Waals surface area contributed by atoms with Crippen molar-refractivity contribution in [3.05, 3.63) is 322 Å². The van der Waals surface area contributed by atoms with Gasteiger partial charge in [0.2, 0.25) is 0 Å². The van der Waals surface area contributed by atoms with E-state index in [4.69, 9.17) is 4.98 Å². The van der Waals surface area contributed by atoms with Gasteiger partial charge >= 0.3 is 0 Å². The van der Waals surface area contributed by atoms with Gasteiger partial charge in [0.25, 0.3) is 0 Å². The van der Waals surface area contributed by atoms with Gasteiger partial charge in [-0.25, -0.2) is 4.98 Å². The lowest BCUT2D eigenvalue weighted by molar-refractivity contribution is 1.18. The first-order chi connectivity index (χ1) is 41.6. The first-order valence-corrected chi connectivity index (χ1v) is 28.8. The molecule has 16 aromatic rings. The molecule has 0 aliphatic carbocycles. The number of aromatic nitrogens is 3. The van der Waals surface area contributed by atoms with Crippen molar-refractivity contribution in [2.24, 2.45) is 0 Å². The van der Waals surface area contributed by atoms with E-state index in [1.165, 1.54) is 88.1 Å². The number of benzene rings is 13. The molecule has 0 spiro atoms. The van der Waals surface area contributed by atoms with Crippen molar-refractivity contribution in [3.63, 3.8) is 0 Å². The summed E-state index contributed by atoms with van der Waals surface area (Å²) in [6, 6.07) is 117. The number of pyridine rings is 1. The van der Waals surface area contributed by atoms with Gasteiger partial charge in [0, 0.05) is 43.9 Å². The molecule has 0 fully saturated rings. The quantitative estimate of drug-likeness (QED) is 0.134. The van der Waals surface area contributed by atoms with E-state index < -0.39 is 0 Å². The van der Waals surface area contributed by atoms with E-state index in [0.717, 1.165) is 66.9 Å². The van der Waals surface area contributed by atoms with Gasteiger partial charge in [0.15, 0.2) is 0 Å². The van der Waals surface area contributed by atoms with Crippen molar-refractivity contribution >= 4 is 54.5 Å². The second-order valence-corrected chi connectivity index (χ2v) is 21.9. The summed E-state index contributed by atoms with van der Waals surface area (Å²) in [6.07, 6.45) is 0. The molecular weight excluding hydrogens is 1010 g/mol. The molecule has 0 saturated carbocycles. The predicted octanol–water partition coefficient (Wildman–Crippen LogP) is 21.8. The summed E-state index contributed by atoms with van der Waals surface area (Å²) in [5.74, 6) is 0. The molecule has 84 heavy (non-hydrogen) atoms. The Kier molecular flexibility index (Phi) is 11.9. The highest BCUT2D eigenvalue weighted by Crippen LogP contribution is 2.42. The standard InChI is InChI=1S/C81H53N3/c1-6-19-54(20-7-1)62-36-41-78-72(49-62)73-50-63(55-21-8-2-9-22-55)37-42-79(73)83(78)68-33-17-30-60(46-68)59-29-16-32-67(45-59)77-53-70(58-27-14-5-15-28-58)71-48-66(35-40-76(71)82-77)61-31-18-34-69(47-61)84-80-43-38-64(56-23-10-3-11-24-56)51-74(80)75-52-65(39-44-81(75)84)57-25-12-4-13-26-57/h1-53H. The zero-order valence-corrected chi connectivity index (χ0v) is 45.9. The van der Waals surface area contributed by atoms with Crippen LogP contribution in [0.15, 0.2) is 322 Å². The molecule has 0 radical (unpaired) electrons. The van der Waals surface area contributed by atoms with Crippen LogP contribution in [0.4, 0.5) is 0 Å². The van der Waals surface area contributed by atoms with E-state index in [1.807, 2.05) is 0 Å². The lowest BCUT2D eigenvalue weighted by Gasteiger charge is -2.14. The van der Waals surface area contributed by atoms with Gasteiger partial charge in [-0.15, -0.1) is 0 Å². The SMILES string of the molecule is c1ccc(-c2ccc3c(c2)c2cc(-c4ccccc4)ccc2n3-c2cccc(-c3cccc(-c4cc(-c5ccccc5)c5cc(-c6cccc(-n7c8ccc(-c9ccccc9)cc8c8cc(-c9ccccc9)ccc87)c6)ccc5n4)c3)c2)cc1. The van der Waals surface area contributed by atoms with Gasteiger partial charge in [-0.05, 0) is 175 Å². The maximum Gasteiger partial charge on any atom is 0.0716 e. The first-order valence-electron chi connectivity index (χ1n) is 28.8. The Labute approximate surface area is 487 Å². The molecule has 0 aliphatic rings. The average Bonchev–Trinajstić information content (AvgIpc) is 2.56. The van der Waals surface area contributed by atoms with Gasteiger partial charge in [0.1, 0.15) is 0 Å². The molecule has 0 saturated heterocycles. The van der Waals surface area contributed by atoms with Crippen LogP contribution in [0.5, 0.6) is 0 Å². The molecule has 0 amide bonds. The summed E-state index contributed by atoms with van der Waals surface area (Å²) in [6.45, 7) is 0. The zero-order valence-electron chi connectivity index (χ0n) is 45.9. The van der Waals surface area contributed by atoms with Crippen molar-refractivity contribution in [2.45, 2.75) is 0 Å². The third-order valence-electron chi connectivity index (χ3n) is 16.9. The maximum absolute atomic E-state index is 5.46. The molecule has 0 aliphatic heterocycles. The fraction of sp³-hybridized carbons (Fsp3) is 0. The normalized spacial score (nSPS) is 11.6. The summed E-state index contributed by atoms with van der Waals surface area (Å²) in [5.41, 5.74) is 26.3. The van der Waals surface area contributed by atoms with Crippen LogP contribution in [0, 0.1) is 0 Å². The lowest BCUT2D eigenvalue weighted by atomic mass is 9.94. The second kappa shape index (κ2) is 20.4. The molecule has 0 unspecified atom stereocenters. The minimum Gasteiger partial charge on any atom is -0.309 e. The minimum absolute atomic E-state index is 0.928. The van der Waals surface area contributed by atoms with Crippen LogP contribution < -0.4 is 0 Å². The Morgan fingerprint density at radius 2 is 0.488 bits per heavy atom. The molecule has 0 N–H and O–H groups in total. The van der Waals surface area contributed by atoms with E-state index in [1.54, 1.807) is 0 Å². The number of fused-ring (bicyclic) bond motifs is 7. The van der Waals surface area contributed by atoms with Gasteiger partial charge in [-0.2, -0.15) is 0 Å². The zero-order chi connectivity index (χ0) is 55.5. The van der Waals surface area contributed by atoms with Crippen LogP contribution >= 0.6 is 0 Å².